The van der Waals surface area contributed by atoms with Crippen molar-refractivity contribution < 1.29 is 0 Å². The molecule has 0 bridgehead atoms. The molecule has 0 saturated heterocycles. The third-order valence-corrected chi connectivity index (χ3v) is 4.95. The summed E-state index contributed by atoms with van der Waals surface area (Å²) >= 11 is 0. The monoisotopic (exact) mass is 229 g/mol. The minimum Gasteiger partial charge on any atom is -0.319 e. The quantitative estimate of drug-likeness (QED) is 0.817. The molecule has 1 aromatic carbocycles. The first-order valence-corrected chi connectivity index (χ1v) is 7.10. The van der Waals surface area contributed by atoms with Gasteiger partial charge in [-0.15, -0.1) is 0 Å². The normalized spacial score (nSPS) is 26.1. The van der Waals surface area contributed by atoms with Crippen LogP contribution < -0.4 is 5.32 Å². The maximum absolute atomic E-state index is 3.36. The molecule has 2 aliphatic rings. The molecule has 1 heteroatoms. The fourth-order valence-electron chi connectivity index (χ4n) is 4.11. The van der Waals surface area contributed by atoms with Crippen LogP contribution >= 0.6 is 0 Å². The third-order valence-electron chi connectivity index (χ3n) is 4.95. The van der Waals surface area contributed by atoms with Gasteiger partial charge in [-0.3, -0.25) is 0 Å². The van der Waals surface area contributed by atoms with E-state index in [1.54, 1.807) is 11.1 Å². The van der Waals surface area contributed by atoms with Crippen LogP contribution in [0.15, 0.2) is 24.3 Å². The Balaban J connectivity index is 2.01. The predicted molar refractivity (Wildman–Crippen MR) is 72.5 cm³/mol. The summed E-state index contributed by atoms with van der Waals surface area (Å²) in [4.78, 5) is 0. The largest absolute Gasteiger partial charge is 0.319 e. The van der Waals surface area contributed by atoms with E-state index in [-0.39, 0.29) is 0 Å². The van der Waals surface area contributed by atoms with Gasteiger partial charge in [-0.05, 0) is 55.2 Å². The summed E-state index contributed by atoms with van der Waals surface area (Å²) in [6.07, 6.45) is 8.51. The van der Waals surface area contributed by atoms with Gasteiger partial charge in [-0.25, -0.2) is 0 Å². The highest BCUT2D eigenvalue weighted by molar-refractivity contribution is 5.40. The molecule has 0 amide bonds. The van der Waals surface area contributed by atoms with E-state index < -0.39 is 0 Å². The highest BCUT2D eigenvalue weighted by atomic mass is 14.8. The van der Waals surface area contributed by atoms with Crippen LogP contribution in [-0.4, -0.2) is 13.6 Å². The van der Waals surface area contributed by atoms with Gasteiger partial charge in [0.2, 0.25) is 0 Å². The Morgan fingerprint density at radius 1 is 1.18 bits per heavy atom. The van der Waals surface area contributed by atoms with E-state index in [1.807, 2.05) is 0 Å². The number of nitrogens with one attached hydrogen (secondary N) is 1. The molecule has 0 radical (unpaired) electrons. The second kappa shape index (κ2) is 4.45. The molecule has 0 aromatic heterocycles. The number of benzene rings is 1. The number of fused-ring (bicyclic) bond motifs is 2. The van der Waals surface area contributed by atoms with Gasteiger partial charge >= 0.3 is 0 Å². The summed E-state index contributed by atoms with van der Waals surface area (Å²) in [6, 6.07) is 9.23. The van der Waals surface area contributed by atoms with Crippen LogP contribution in [0.25, 0.3) is 0 Å². The van der Waals surface area contributed by atoms with Crippen LogP contribution in [0.3, 0.4) is 0 Å². The molecule has 2 aliphatic carbocycles. The third kappa shape index (κ3) is 1.81. The first-order chi connectivity index (χ1) is 8.36. The van der Waals surface area contributed by atoms with Crippen LogP contribution in [0.5, 0.6) is 0 Å². The Labute approximate surface area is 105 Å². The zero-order chi connectivity index (χ0) is 11.7. The van der Waals surface area contributed by atoms with Crippen molar-refractivity contribution in [2.24, 2.45) is 0 Å². The molecule has 1 saturated carbocycles. The van der Waals surface area contributed by atoms with Crippen LogP contribution in [0, 0.1) is 0 Å². The lowest BCUT2D eigenvalue weighted by molar-refractivity contribution is 0.339. The zero-order valence-corrected chi connectivity index (χ0v) is 10.8. The lowest BCUT2D eigenvalue weighted by atomic mass is 9.65. The van der Waals surface area contributed by atoms with Crippen molar-refractivity contribution in [3.05, 3.63) is 35.4 Å². The predicted octanol–water partition coefficient (Wildman–Crippen LogP) is 3.60. The first kappa shape index (κ1) is 11.3. The maximum Gasteiger partial charge on any atom is 0.00172 e. The Bertz CT molecular complexity index is 390. The van der Waals surface area contributed by atoms with Crippen molar-refractivity contribution in [2.45, 2.75) is 49.9 Å². The van der Waals surface area contributed by atoms with E-state index in [4.69, 9.17) is 0 Å². The number of rotatable bonds is 2. The second-order valence-corrected chi connectivity index (χ2v) is 5.87. The van der Waals surface area contributed by atoms with Gasteiger partial charge in [0, 0.05) is 6.54 Å². The second-order valence-electron chi connectivity index (χ2n) is 5.87. The molecule has 0 aliphatic heterocycles. The summed E-state index contributed by atoms with van der Waals surface area (Å²) in [5.41, 5.74) is 3.87. The molecule has 92 valence electrons. The van der Waals surface area contributed by atoms with Gasteiger partial charge in [0.25, 0.3) is 0 Å². The van der Waals surface area contributed by atoms with Crippen LogP contribution in [-0.2, 0) is 5.41 Å². The van der Waals surface area contributed by atoms with E-state index in [2.05, 4.69) is 36.6 Å². The average molecular weight is 229 g/mol. The van der Waals surface area contributed by atoms with Gasteiger partial charge in [-0.1, -0.05) is 37.1 Å². The minimum absolute atomic E-state index is 0.556. The Kier molecular flexibility index (Phi) is 2.96. The number of hydrogen-bond acceptors (Lipinski definition) is 1. The summed E-state index contributed by atoms with van der Waals surface area (Å²) in [7, 11) is 2.07. The molecule has 3 rings (SSSR count). The van der Waals surface area contributed by atoms with Crippen LogP contribution in [0.1, 0.15) is 55.6 Å². The van der Waals surface area contributed by atoms with E-state index in [0.29, 0.717) is 5.41 Å². The zero-order valence-electron chi connectivity index (χ0n) is 10.8. The summed E-state index contributed by atoms with van der Waals surface area (Å²) in [5.74, 6) is 0.738. The fourth-order valence-corrected chi connectivity index (χ4v) is 4.11. The highest BCUT2D eigenvalue weighted by Gasteiger charge is 2.41. The Morgan fingerprint density at radius 2 is 1.94 bits per heavy atom. The van der Waals surface area contributed by atoms with E-state index in [1.165, 1.54) is 38.5 Å². The molecule has 1 fully saturated rings. The molecule has 17 heavy (non-hydrogen) atoms. The van der Waals surface area contributed by atoms with Gasteiger partial charge < -0.3 is 5.32 Å². The molecular weight excluding hydrogens is 206 g/mol. The molecule has 1 N–H and O–H groups in total. The van der Waals surface area contributed by atoms with E-state index in [0.717, 1.165) is 12.5 Å². The SMILES string of the molecule is CNCC1CCC2(CCCC2)c2ccccc21. The van der Waals surface area contributed by atoms with Gasteiger partial charge in [0.1, 0.15) is 0 Å². The summed E-state index contributed by atoms with van der Waals surface area (Å²) in [6.45, 7) is 1.13. The topological polar surface area (TPSA) is 12.0 Å². The fraction of sp³-hybridized carbons (Fsp3) is 0.625. The highest BCUT2D eigenvalue weighted by Crippen LogP contribution is 2.51. The molecule has 1 nitrogen and oxygen atoms in total. The van der Waals surface area contributed by atoms with Crippen molar-refractivity contribution in [2.75, 3.05) is 13.6 Å². The molecule has 0 heterocycles. The van der Waals surface area contributed by atoms with Crippen molar-refractivity contribution in [3.8, 4) is 0 Å². The maximum atomic E-state index is 3.36. The molecule has 1 spiro atoms. The molecular formula is C16H23N. The molecule has 1 atom stereocenters. The van der Waals surface area contributed by atoms with E-state index >= 15 is 0 Å². The van der Waals surface area contributed by atoms with E-state index in [9.17, 15) is 0 Å². The van der Waals surface area contributed by atoms with Crippen molar-refractivity contribution in [1.29, 1.82) is 0 Å². The van der Waals surface area contributed by atoms with Gasteiger partial charge in [-0.2, -0.15) is 0 Å². The van der Waals surface area contributed by atoms with Crippen molar-refractivity contribution in [3.63, 3.8) is 0 Å². The van der Waals surface area contributed by atoms with Crippen molar-refractivity contribution >= 4 is 0 Å². The minimum atomic E-state index is 0.556. The Hall–Kier alpha value is -0.820. The molecule has 1 aromatic rings. The first-order valence-electron chi connectivity index (χ1n) is 7.10. The van der Waals surface area contributed by atoms with Gasteiger partial charge in [0.05, 0.1) is 0 Å². The average Bonchev–Trinajstić information content (AvgIpc) is 2.83. The van der Waals surface area contributed by atoms with Crippen LogP contribution in [0.4, 0.5) is 0 Å². The molecule has 1 unspecified atom stereocenters. The lowest BCUT2D eigenvalue weighted by Gasteiger charge is -2.39. The smallest absolute Gasteiger partial charge is 0.00172 e. The van der Waals surface area contributed by atoms with Crippen molar-refractivity contribution in [1.82, 2.24) is 5.32 Å². The summed E-state index contributed by atoms with van der Waals surface area (Å²) < 4.78 is 0. The summed E-state index contributed by atoms with van der Waals surface area (Å²) in [5, 5.41) is 3.36. The number of likely N-dealkylation sites (N-methyl/N-ethyl adjacent to an activating group) is 1. The number of hydrogen-bond donors (Lipinski definition) is 1. The lowest BCUT2D eigenvalue weighted by Crippen LogP contribution is -2.32. The van der Waals surface area contributed by atoms with Gasteiger partial charge in [0.15, 0.2) is 0 Å². The standard InChI is InChI=1S/C16H23N/c1-17-12-13-8-11-16(9-4-5-10-16)15-7-3-2-6-14(13)15/h2-3,6-7,13,17H,4-5,8-12H2,1H3. The Morgan fingerprint density at radius 3 is 2.71 bits per heavy atom. The van der Waals surface area contributed by atoms with Crippen LogP contribution in [0.2, 0.25) is 0 Å².